The zero-order valence-electron chi connectivity index (χ0n) is 16.0. The van der Waals surface area contributed by atoms with E-state index >= 15 is 0 Å². The Hall–Kier alpha value is 0. The summed E-state index contributed by atoms with van der Waals surface area (Å²) in [5.74, 6) is 13.9. The van der Waals surface area contributed by atoms with E-state index in [0.29, 0.717) is 0 Å². The van der Waals surface area contributed by atoms with E-state index in [-0.39, 0.29) is 0 Å². The van der Waals surface area contributed by atoms with Gasteiger partial charge in [0, 0.05) is 0 Å². The van der Waals surface area contributed by atoms with Crippen LogP contribution in [0.5, 0.6) is 0 Å². The van der Waals surface area contributed by atoms with Crippen LogP contribution in [0.1, 0.15) is 66.7 Å². The molecule has 0 spiro atoms. The van der Waals surface area contributed by atoms with Crippen LogP contribution in [0.4, 0.5) is 0 Å². The summed E-state index contributed by atoms with van der Waals surface area (Å²) < 4.78 is 0. The van der Waals surface area contributed by atoms with Gasteiger partial charge in [-0.25, -0.2) is 0 Å². The molecular weight excluding hydrogens is 276 g/mol. The van der Waals surface area contributed by atoms with E-state index in [9.17, 15) is 0 Å². The lowest BCUT2D eigenvalue weighted by Gasteiger charge is -2.63. The van der Waals surface area contributed by atoms with Crippen LogP contribution >= 0.6 is 0 Å². The first-order chi connectivity index (χ1) is 11.0. The molecule has 5 saturated carbocycles. The molecule has 5 aliphatic carbocycles. The fraction of sp³-hybridized carbons (Fsp3) is 1.00. The van der Waals surface area contributed by atoms with Gasteiger partial charge >= 0.3 is 0 Å². The summed E-state index contributed by atoms with van der Waals surface area (Å²) in [6, 6.07) is 0. The van der Waals surface area contributed by atoms with E-state index in [1.54, 1.807) is 25.7 Å². The van der Waals surface area contributed by atoms with Gasteiger partial charge in [0.25, 0.3) is 0 Å². The van der Waals surface area contributed by atoms with Crippen LogP contribution in [0, 0.1) is 76.9 Å². The van der Waals surface area contributed by atoms with Gasteiger partial charge < -0.3 is 0 Å². The lowest BCUT2D eigenvalue weighted by atomic mass is 9.42. The van der Waals surface area contributed by atoms with Crippen molar-refractivity contribution in [2.24, 2.45) is 76.9 Å². The quantitative estimate of drug-likeness (QED) is 0.505. The molecule has 5 fully saturated rings. The highest BCUT2D eigenvalue weighted by Gasteiger charge is 2.63. The maximum absolute atomic E-state index is 2.64. The molecule has 0 nitrogen and oxygen atoms in total. The average molecular weight is 315 g/mol. The van der Waals surface area contributed by atoms with Gasteiger partial charge in [-0.15, -0.1) is 0 Å². The molecule has 0 N–H and O–H groups in total. The van der Waals surface area contributed by atoms with Crippen LogP contribution in [0.15, 0.2) is 0 Å². The summed E-state index contributed by atoms with van der Waals surface area (Å²) in [7, 11) is 0. The molecule has 0 aliphatic heterocycles. The molecule has 0 aromatic carbocycles. The molecule has 2 bridgehead atoms. The average Bonchev–Trinajstić information content (AvgIpc) is 2.83. The third-order valence-corrected chi connectivity index (χ3v) is 10.2. The van der Waals surface area contributed by atoms with Crippen LogP contribution < -0.4 is 0 Å². The van der Waals surface area contributed by atoms with Crippen molar-refractivity contribution in [3.63, 3.8) is 0 Å². The van der Waals surface area contributed by atoms with E-state index in [4.69, 9.17) is 0 Å². The zero-order valence-corrected chi connectivity index (χ0v) is 16.0. The second-order valence-corrected chi connectivity index (χ2v) is 11.1. The zero-order chi connectivity index (χ0) is 16.0. The molecule has 0 saturated heterocycles. The molecule has 0 aromatic rings. The molecule has 0 heterocycles. The molecule has 0 heteroatoms. The van der Waals surface area contributed by atoms with Gasteiger partial charge in [-0.2, -0.15) is 0 Å². The molecule has 130 valence electrons. The van der Waals surface area contributed by atoms with Crippen molar-refractivity contribution in [1.82, 2.24) is 0 Å². The highest BCUT2D eigenvalue weighted by Crippen LogP contribution is 2.69. The second kappa shape index (κ2) is 5.01. The van der Waals surface area contributed by atoms with E-state index in [2.05, 4.69) is 34.6 Å². The third kappa shape index (κ3) is 1.90. The summed E-state index contributed by atoms with van der Waals surface area (Å²) in [4.78, 5) is 0. The Kier molecular flexibility index (Phi) is 3.33. The molecule has 23 heavy (non-hydrogen) atoms. The normalized spacial score (nSPS) is 66.9. The first kappa shape index (κ1) is 15.3. The van der Waals surface area contributed by atoms with Gasteiger partial charge in [-0.1, -0.05) is 34.6 Å². The van der Waals surface area contributed by atoms with Gasteiger partial charge in [-0.05, 0) is 109 Å². The van der Waals surface area contributed by atoms with Crippen LogP contribution in [0.2, 0.25) is 0 Å². The molecular formula is C23H38. The smallest absolute Gasteiger partial charge is 0.0316 e. The number of rotatable bonds is 0. The largest absolute Gasteiger partial charge is 0.0622 e. The molecule has 0 amide bonds. The summed E-state index contributed by atoms with van der Waals surface area (Å²) in [6.07, 6.45) is 7.91. The van der Waals surface area contributed by atoms with Crippen LogP contribution in [0.3, 0.4) is 0 Å². The highest BCUT2D eigenvalue weighted by atomic mass is 14.7. The van der Waals surface area contributed by atoms with E-state index in [0.717, 1.165) is 76.9 Å². The van der Waals surface area contributed by atoms with Crippen LogP contribution in [0.25, 0.3) is 0 Å². The molecule has 5 rings (SSSR count). The van der Waals surface area contributed by atoms with Gasteiger partial charge in [0.2, 0.25) is 0 Å². The summed E-state index contributed by atoms with van der Waals surface area (Å²) >= 11 is 0. The number of fused-ring (bicyclic) bond motifs is 3. The second-order valence-electron chi connectivity index (χ2n) is 11.1. The predicted molar refractivity (Wildman–Crippen MR) is 96.8 cm³/mol. The van der Waals surface area contributed by atoms with Crippen molar-refractivity contribution in [3.05, 3.63) is 0 Å². The monoisotopic (exact) mass is 314 g/mol. The van der Waals surface area contributed by atoms with Crippen LogP contribution in [-0.4, -0.2) is 0 Å². The topological polar surface area (TPSA) is 0 Å². The fourth-order valence-corrected chi connectivity index (χ4v) is 9.84. The van der Waals surface area contributed by atoms with Crippen molar-refractivity contribution in [1.29, 1.82) is 0 Å². The molecule has 1 unspecified atom stereocenters. The van der Waals surface area contributed by atoms with E-state index in [1.165, 1.54) is 6.42 Å². The van der Waals surface area contributed by atoms with Gasteiger partial charge in [-0.3, -0.25) is 0 Å². The van der Waals surface area contributed by atoms with Gasteiger partial charge in [0.15, 0.2) is 0 Å². The van der Waals surface area contributed by atoms with Crippen molar-refractivity contribution in [3.8, 4) is 0 Å². The van der Waals surface area contributed by atoms with Crippen molar-refractivity contribution >= 4 is 0 Å². The minimum Gasteiger partial charge on any atom is -0.0622 e. The first-order valence-corrected chi connectivity index (χ1v) is 11.0. The lowest BCUT2D eigenvalue weighted by Crippen LogP contribution is -2.57. The van der Waals surface area contributed by atoms with Crippen molar-refractivity contribution in [2.45, 2.75) is 66.7 Å². The molecule has 5 aliphatic rings. The summed E-state index contributed by atoms with van der Waals surface area (Å²) in [6.45, 7) is 13.1. The fourth-order valence-electron chi connectivity index (χ4n) is 9.84. The highest BCUT2D eigenvalue weighted by molar-refractivity contribution is 5.11. The maximum atomic E-state index is 2.64. The van der Waals surface area contributed by atoms with Gasteiger partial charge in [0.1, 0.15) is 0 Å². The summed E-state index contributed by atoms with van der Waals surface area (Å²) in [5, 5.41) is 0. The molecule has 13 atom stereocenters. The third-order valence-electron chi connectivity index (χ3n) is 10.2. The Morgan fingerprint density at radius 2 is 0.826 bits per heavy atom. The predicted octanol–water partition coefficient (Wildman–Crippen LogP) is 6.12. The van der Waals surface area contributed by atoms with E-state index in [1.807, 2.05) is 0 Å². The molecule has 0 radical (unpaired) electrons. The number of hydrogen-bond acceptors (Lipinski definition) is 0. The minimum absolute atomic E-state index is 0.998. The number of hydrogen-bond donors (Lipinski definition) is 0. The lowest BCUT2D eigenvalue weighted by molar-refractivity contribution is -0.147. The van der Waals surface area contributed by atoms with Crippen molar-refractivity contribution in [2.75, 3.05) is 0 Å². The first-order valence-electron chi connectivity index (χ1n) is 11.0. The summed E-state index contributed by atoms with van der Waals surface area (Å²) in [5.41, 5.74) is 0. The Labute approximate surface area is 144 Å². The Morgan fingerprint density at radius 3 is 1.57 bits per heavy atom. The van der Waals surface area contributed by atoms with Gasteiger partial charge in [0.05, 0.1) is 0 Å². The minimum atomic E-state index is 0.998. The maximum Gasteiger partial charge on any atom is -0.0316 e. The Bertz CT molecular complexity index is 480. The standard InChI is InChI=1S/C23H38/c1-11-7-17-18-10-16(11)12(2)8-19(18)22-14(4)6-13(3)21-15(5)9-20(17)23(21)22/h11-23H,6-10H2,1-5H3/t11-,12+,13-,14?,15+,16+,17+,18-,19-,20+,21+,22-,23-/m0/s1. The van der Waals surface area contributed by atoms with Crippen molar-refractivity contribution < 1.29 is 0 Å². The Balaban J connectivity index is 1.58. The van der Waals surface area contributed by atoms with E-state index < -0.39 is 0 Å². The SMILES string of the molecule is CC1C[C@H](C)[C@H]2[C@@H]3[C@H](C[C@H]2C)[C@@H]2C[C@H](C)[C@H]4C[C@@H]2[C@H](C[C@H]4C)[C@H]13. The Morgan fingerprint density at radius 1 is 0.348 bits per heavy atom. The van der Waals surface area contributed by atoms with Crippen LogP contribution in [-0.2, 0) is 0 Å². The molecule has 0 aromatic heterocycles.